The summed E-state index contributed by atoms with van der Waals surface area (Å²) in [4.78, 5) is 12.1. The molecule has 0 radical (unpaired) electrons. The summed E-state index contributed by atoms with van der Waals surface area (Å²) in [5.74, 6) is -0.0698. The van der Waals surface area contributed by atoms with Gasteiger partial charge in [-0.15, -0.1) is 0 Å². The van der Waals surface area contributed by atoms with E-state index in [-0.39, 0.29) is 12.5 Å². The first kappa shape index (κ1) is 14.8. The quantitative estimate of drug-likeness (QED) is 0.774. The zero-order valence-corrected chi connectivity index (χ0v) is 14.0. The third kappa shape index (κ3) is 2.76. The van der Waals surface area contributed by atoms with E-state index in [0.29, 0.717) is 6.54 Å². The van der Waals surface area contributed by atoms with Gasteiger partial charge in [-0.2, -0.15) is 10.2 Å². The number of rotatable bonds is 4. The Balaban J connectivity index is 1.69. The topological polar surface area (TPSA) is 64.7 Å². The molecule has 1 N–H and O–H groups in total. The van der Waals surface area contributed by atoms with E-state index in [0.717, 1.165) is 26.6 Å². The highest BCUT2D eigenvalue weighted by molar-refractivity contribution is 9.10. The molecule has 6 nitrogen and oxygen atoms in total. The summed E-state index contributed by atoms with van der Waals surface area (Å²) in [6, 6.07) is 5.98. The maximum absolute atomic E-state index is 12.1. The largest absolute Gasteiger partial charge is 0.350 e. The van der Waals surface area contributed by atoms with Gasteiger partial charge < -0.3 is 5.32 Å². The van der Waals surface area contributed by atoms with Crippen molar-refractivity contribution in [2.75, 3.05) is 0 Å². The number of amides is 1. The molecule has 0 bridgehead atoms. The lowest BCUT2D eigenvalue weighted by molar-refractivity contribution is -0.122. The van der Waals surface area contributed by atoms with Crippen LogP contribution in [0.3, 0.4) is 0 Å². The van der Waals surface area contributed by atoms with Crippen molar-refractivity contribution in [1.82, 2.24) is 24.9 Å². The van der Waals surface area contributed by atoms with Crippen molar-refractivity contribution >= 4 is 32.7 Å². The third-order valence-corrected chi connectivity index (χ3v) is 4.47. The Morgan fingerprint density at radius 1 is 1.32 bits per heavy atom. The lowest BCUT2D eigenvalue weighted by Crippen LogP contribution is -2.28. The van der Waals surface area contributed by atoms with Crippen LogP contribution in [0.5, 0.6) is 0 Å². The zero-order valence-electron chi connectivity index (χ0n) is 12.4. The SMILES string of the molecule is Cc1c(Br)cnn1CC(=O)NCc1cccc2c1cnn2C. The van der Waals surface area contributed by atoms with Crippen molar-refractivity contribution in [2.24, 2.45) is 7.05 Å². The van der Waals surface area contributed by atoms with Crippen LogP contribution < -0.4 is 5.32 Å². The summed E-state index contributed by atoms with van der Waals surface area (Å²) >= 11 is 3.39. The van der Waals surface area contributed by atoms with Gasteiger partial charge in [-0.05, 0) is 34.5 Å². The Morgan fingerprint density at radius 3 is 2.86 bits per heavy atom. The molecule has 0 saturated carbocycles. The molecule has 2 heterocycles. The van der Waals surface area contributed by atoms with Crippen molar-refractivity contribution in [3.63, 3.8) is 0 Å². The summed E-state index contributed by atoms with van der Waals surface area (Å²) in [5, 5.41) is 12.4. The number of carbonyl (C=O) groups excluding carboxylic acids is 1. The standard InChI is InChI=1S/C15H16BrN5O/c1-10-13(16)8-19-21(10)9-15(22)17-6-11-4-3-5-14-12(11)7-18-20(14)2/h3-5,7-8H,6,9H2,1-2H3,(H,17,22). The van der Waals surface area contributed by atoms with Gasteiger partial charge in [0, 0.05) is 19.0 Å². The van der Waals surface area contributed by atoms with Crippen LogP contribution in [0.4, 0.5) is 0 Å². The van der Waals surface area contributed by atoms with Crippen LogP contribution in [-0.4, -0.2) is 25.5 Å². The van der Waals surface area contributed by atoms with E-state index in [2.05, 4.69) is 31.4 Å². The molecule has 2 aromatic heterocycles. The van der Waals surface area contributed by atoms with Gasteiger partial charge in [-0.1, -0.05) is 12.1 Å². The fraction of sp³-hybridized carbons (Fsp3) is 0.267. The maximum atomic E-state index is 12.1. The molecule has 3 rings (SSSR count). The van der Waals surface area contributed by atoms with Gasteiger partial charge in [-0.25, -0.2) is 0 Å². The van der Waals surface area contributed by atoms with Gasteiger partial charge in [0.2, 0.25) is 5.91 Å². The molecule has 0 aliphatic heterocycles. The second-order valence-electron chi connectivity index (χ2n) is 5.13. The number of hydrogen-bond donors (Lipinski definition) is 1. The van der Waals surface area contributed by atoms with E-state index in [1.54, 1.807) is 10.9 Å². The molecule has 22 heavy (non-hydrogen) atoms. The molecule has 0 fully saturated rings. The van der Waals surface area contributed by atoms with Crippen LogP contribution in [0.25, 0.3) is 10.9 Å². The number of hydrogen-bond acceptors (Lipinski definition) is 3. The van der Waals surface area contributed by atoms with Crippen molar-refractivity contribution in [1.29, 1.82) is 0 Å². The van der Waals surface area contributed by atoms with Crippen LogP contribution in [0.1, 0.15) is 11.3 Å². The first-order valence-electron chi connectivity index (χ1n) is 6.90. The molecule has 0 unspecified atom stereocenters. The fourth-order valence-electron chi connectivity index (χ4n) is 2.36. The number of fused-ring (bicyclic) bond motifs is 1. The van der Waals surface area contributed by atoms with Crippen molar-refractivity contribution < 1.29 is 4.79 Å². The predicted molar refractivity (Wildman–Crippen MR) is 87.2 cm³/mol. The average Bonchev–Trinajstić information content (AvgIpc) is 3.03. The average molecular weight is 362 g/mol. The monoisotopic (exact) mass is 361 g/mol. The number of halogens is 1. The smallest absolute Gasteiger partial charge is 0.242 e. The van der Waals surface area contributed by atoms with Crippen LogP contribution in [0, 0.1) is 6.92 Å². The molecule has 0 saturated heterocycles. The van der Waals surface area contributed by atoms with Crippen LogP contribution in [0.2, 0.25) is 0 Å². The molecular weight excluding hydrogens is 346 g/mol. The van der Waals surface area contributed by atoms with Gasteiger partial charge in [-0.3, -0.25) is 14.2 Å². The van der Waals surface area contributed by atoms with E-state index in [4.69, 9.17) is 0 Å². The van der Waals surface area contributed by atoms with Gasteiger partial charge in [0.05, 0.1) is 28.1 Å². The Morgan fingerprint density at radius 2 is 2.14 bits per heavy atom. The fourth-order valence-corrected chi connectivity index (χ4v) is 2.66. The normalized spacial score (nSPS) is 11.0. The minimum atomic E-state index is -0.0698. The first-order chi connectivity index (χ1) is 10.6. The molecule has 114 valence electrons. The lowest BCUT2D eigenvalue weighted by atomic mass is 10.1. The molecule has 0 aliphatic rings. The van der Waals surface area contributed by atoms with Crippen LogP contribution in [-0.2, 0) is 24.9 Å². The minimum Gasteiger partial charge on any atom is -0.350 e. The Labute approximate surface area is 136 Å². The highest BCUT2D eigenvalue weighted by Gasteiger charge is 2.10. The predicted octanol–water partition coefficient (Wildman–Crippen LogP) is 2.16. The highest BCUT2D eigenvalue weighted by Crippen LogP contribution is 2.17. The molecule has 1 aromatic carbocycles. The highest BCUT2D eigenvalue weighted by atomic mass is 79.9. The van der Waals surface area contributed by atoms with E-state index < -0.39 is 0 Å². The first-order valence-corrected chi connectivity index (χ1v) is 7.70. The second kappa shape index (κ2) is 5.92. The van der Waals surface area contributed by atoms with E-state index >= 15 is 0 Å². The molecule has 0 aliphatic carbocycles. The number of nitrogens with one attached hydrogen (secondary N) is 1. The molecule has 0 spiro atoms. The maximum Gasteiger partial charge on any atom is 0.242 e. The van der Waals surface area contributed by atoms with Crippen LogP contribution in [0.15, 0.2) is 35.1 Å². The number of nitrogens with zero attached hydrogens (tertiary/aromatic N) is 4. The second-order valence-corrected chi connectivity index (χ2v) is 5.98. The number of benzene rings is 1. The molecule has 1 amide bonds. The van der Waals surface area contributed by atoms with Gasteiger partial charge >= 0.3 is 0 Å². The van der Waals surface area contributed by atoms with Crippen molar-refractivity contribution in [2.45, 2.75) is 20.0 Å². The Kier molecular flexibility index (Phi) is 3.98. The van der Waals surface area contributed by atoms with E-state index in [9.17, 15) is 4.79 Å². The number of carbonyl (C=O) groups is 1. The number of aryl methyl sites for hydroxylation is 1. The lowest BCUT2D eigenvalue weighted by Gasteiger charge is -2.08. The summed E-state index contributed by atoms with van der Waals surface area (Å²) in [6.07, 6.45) is 3.52. The van der Waals surface area contributed by atoms with Gasteiger partial charge in [0.1, 0.15) is 6.54 Å². The third-order valence-electron chi connectivity index (χ3n) is 3.69. The summed E-state index contributed by atoms with van der Waals surface area (Å²) < 4.78 is 4.40. The number of aromatic nitrogens is 4. The molecule has 7 heteroatoms. The summed E-state index contributed by atoms with van der Waals surface area (Å²) in [7, 11) is 1.91. The summed E-state index contributed by atoms with van der Waals surface area (Å²) in [6.45, 7) is 2.60. The minimum absolute atomic E-state index is 0.0698. The zero-order chi connectivity index (χ0) is 15.7. The van der Waals surface area contributed by atoms with Crippen molar-refractivity contribution in [3.8, 4) is 0 Å². The van der Waals surface area contributed by atoms with E-state index in [1.165, 1.54) is 0 Å². The molecular formula is C15H16BrN5O. The Bertz CT molecular complexity index is 836. The molecule has 3 aromatic rings. The van der Waals surface area contributed by atoms with E-state index in [1.807, 2.05) is 43.0 Å². The van der Waals surface area contributed by atoms with Crippen LogP contribution >= 0.6 is 15.9 Å². The molecule has 0 atom stereocenters. The van der Waals surface area contributed by atoms with Crippen molar-refractivity contribution in [3.05, 3.63) is 46.3 Å². The van der Waals surface area contributed by atoms with Gasteiger partial charge in [0.25, 0.3) is 0 Å². The Hall–Kier alpha value is -2.15. The summed E-state index contributed by atoms with van der Waals surface area (Å²) in [5.41, 5.74) is 3.04. The van der Waals surface area contributed by atoms with Gasteiger partial charge in [0.15, 0.2) is 0 Å².